The van der Waals surface area contributed by atoms with E-state index in [2.05, 4.69) is 10.0 Å². The highest BCUT2D eigenvalue weighted by atomic mass is 32.2. The highest BCUT2D eigenvalue weighted by Crippen LogP contribution is 2.17. The summed E-state index contributed by atoms with van der Waals surface area (Å²) in [5.41, 5.74) is 0.150. The minimum absolute atomic E-state index is 0.202. The van der Waals surface area contributed by atoms with Gasteiger partial charge in [-0.2, -0.15) is 0 Å². The minimum Gasteiger partial charge on any atom is -0.494 e. The van der Waals surface area contributed by atoms with Gasteiger partial charge in [0.15, 0.2) is 11.6 Å². The summed E-state index contributed by atoms with van der Waals surface area (Å²) < 4.78 is 43.2. The molecule has 114 valence electrons. The van der Waals surface area contributed by atoms with Crippen LogP contribution in [0, 0.1) is 5.82 Å². The molecule has 0 atom stereocenters. The van der Waals surface area contributed by atoms with Gasteiger partial charge in [0.1, 0.15) is 0 Å². The number of nitrogens with one attached hydrogen (secondary N) is 2. The minimum atomic E-state index is -3.26. The van der Waals surface area contributed by atoms with Gasteiger partial charge in [-0.1, -0.05) is 6.07 Å². The lowest BCUT2D eigenvalue weighted by molar-refractivity contribution is 0.385. The van der Waals surface area contributed by atoms with Crippen LogP contribution in [-0.4, -0.2) is 33.9 Å². The largest absolute Gasteiger partial charge is 0.494 e. The lowest BCUT2D eigenvalue weighted by Crippen LogP contribution is -2.49. The van der Waals surface area contributed by atoms with E-state index in [0.29, 0.717) is 13.1 Å². The van der Waals surface area contributed by atoms with Crippen molar-refractivity contribution in [2.24, 2.45) is 0 Å². The molecule has 0 fully saturated rings. The lowest BCUT2D eigenvalue weighted by Gasteiger charge is -2.25. The second-order valence-corrected chi connectivity index (χ2v) is 7.08. The molecule has 7 heteroatoms. The fourth-order valence-electron chi connectivity index (χ4n) is 1.88. The van der Waals surface area contributed by atoms with Gasteiger partial charge >= 0.3 is 0 Å². The molecule has 2 N–H and O–H groups in total. The number of ether oxygens (including phenoxy) is 1. The molecule has 0 saturated heterocycles. The monoisotopic (exact) mass is 304 g/mol. The molecule has 1 aromatic rings. The Morgan fingerprint density at radius 3 is 2.50 bits per heavy atom. The van der Waals surface area contributed by atoms with Crippen molar-refractivity contribution >= 4 is 10.0 Å². The van der Waals surface area contributed by atoms with Crippen molar-refractivity contribution in [2.45, 2.75) is 25.9 Å². The smallest absolute Gasteiger partial charge is 0.209 e. The first kappa shape index (κ1) is 16.9. The summed E-state index contributed by atoms with van der Waals surface area (Å²) >= 11 is 0. The molecule has 0 heterocycles. The van der Waals surface area contributed by atoms with Crippen molar-refractivity contribution < 1.29 is 17.5 Å². The van der Waals surface area contributed by atoms with E-state index < -0.39 is 21.4 Å². The third kappa shape index (κ3) is 5.85. The second kappa shape index (κ2) is 6.51. The third-order valence-electron chi connectivity index (χ3n) is 2.57. The highest BCUT2D eigenvalue weighted by Gasteiger charge is 2.21. The van der Waals surface area contributed by atoms with Crippen LogP contribution in [0.3, 0.4) is 0 Å². The summed E-state index contributed by atoms with van der Waals surface area (Å²) in [6, 6.07) is 4.71. The Bertz CT molecular complexity index is 559. The Morgan fingerprint density at radius 2 is 2.00 bits per heavy atom. The Kier molecular flexibility index (Phi) is 5.50. The van der Waals surface area contributed by atoms with Crippen LogP contribution in [0.2, 0.25) is 0 Å². The van der Waals surface area contributed by atoms with Gasteiger partial charge in [0.25, 0.3) is 0 Å². The maximum atomic E-state index is 13.5. The van der Waals surface area contributed by atoms with Crippen LogP contribution >= 0.6 is 0 Å². The molecule has 0 aliphatic carbocycles. The molecular formula is C13H21FN2O3S. The van der Waals surface area contributed by atoms with Crippen LogP contribution in [0.5, 0.6) is 5.75 Å². The molecule has 0 unspecified atom stereocenters. The zero-order chi connectivity index (χ0) is 15.4. The van der Waals surface area contributed by atoms with E-state index in [9.17, 15) is 12.8 Å². The molecule has 0 saturated carbocycles. The molecule has 0 aromatic heterocycles. The van der Waals surface area contributed by atoms with E-state index in [0.717, 1.165) is 11.8 Å². The van der Waals surface area contributed by atoms with Gasteiger partial charge < -0.3 is 10.1 Å². The van der Waals surface area contributed by atoms with Crippen molar-refractivity contribution in [1.29, 1.82) is 0 Å². The summed E-state index contributed by atoms with van der Waals surface area (Å²) in [5.74, 6) is -0.215. The number of halogens is 1. The van der Waals surface area contributed by atoms with Crippen molar-refractivity contribution in [2.75, 3.05) is 19.9 Å². The fraction of sp³-hybridized carbons (Fsp3) is 0.538. The van der Waals surface area contributed by atoms with Crippen molar-refractivity contribution in [1.82, 2.24) is 10.0 Å². The second-order valence-electron chi connectivity index (χ2n) is 5.33. The molecule has 0 spiro atoms. The number of hydrogen-bond acceptors (Lipinski definition) is 4. The number of methoxy groups -OCH3 is 1. The standard InChI is InChI=1S/C13H21FN2O3S/c1-13(2,16-20(4,17)18)9-15-8-10-5-6-12(19-3)11(14)7-10/h5-7,15-16H,8-9H2,1-4H3. The average Bonchev–Trinajstić information content (AvgIpc) is 2.25. The summed E-state index contributed by atoms with van der Waals surface area (Å²) in [5, 5.41) is 3.09. The normalized spacial score (nSPS) is 12.4. The first-order valence-electron chi connectivity index (χ1n) is 6.15. The number of benzene rings is 1. The summed E-state index contributed by atoms with van der Waals surface area (Å²) in [4.78, 5) is 0. The van der Waals surface area contributed by atoms with E-state index in [4.69, 9.17) is 4.74 Å². The van der Waals surface area contributed by atoms with Crippen LogP contribution in [0.4, 0.5) is 4.39 Å². The Morgan fingerprint density at radius 1 is 1.35 bits per heavy atom. The summed E-state index contributed by atoms with van der Waals surface area (Å²) in [6.07, 6.45) is 1.12. The maximum Gasteiger partial charge on any atom is 0.209 e. The van der Waals surface area contributed by atoms with Crippen molar-refractivity contribution in [3.8, 4) is 5.75 Å². The van der Waals surface area contributed by atoms with E-state index >= 15 is 0 Å². The van der Waals surface area contributed by atoms with Gasteiger partial charge in [-0.25, -0.2) is 17.5 Å². The Balaban J connectivity index is 2.54. The van der Waals surface area contributed by atoms with Crippen LogP contribution < -0.4 is 14.8 Å². The zero-order valence-electron chi connectivity index (χ0n) is 12.2. The number of rotatable bonds is 7. The molecule has 0 radical (unpaired) electrons. The van der Waals surface area contributed by atoms with Crippen molar-refractivity contribution in [3.63, 3.8) is 0 Å². The predicted octanol–water partition coefficient (Wildman–Crippen LogP) is 1.25. The molecule has 5 nitrogen and oxygen atoms in total. The molecular weight excluding hydrogens is 283 g/mol. The van der Waals surface area contributed by atoms with Gasteiger partial charge in [-0.3, -0.25) is 0 Å². The maximum absolute atomic E-state index is 13.5. The first-order chi connectivity index (χ1) is 9.13. The van der Waals surface area contributed by atoms with Gasteiger partial charge in [0, 0.05) is 18.6 Å². The summed E-state index contributed by atoms with van der Waals surface area (Å²) in [7, 11) is -1.85. The Hall–Kier alpha value is -1.18. The van der Waals surface area contributed by atoms with Crippen LogP contribution in [-0.2, 0) is 16.6 Å². The molecule has 20 heavy (non-hydrogen) atoms. The van der Waals surface area contributed by atoms with E-state index in [1.807, 2.05) is 0 Å². The van der Waals surface area contributed by atoms with E-state index in [-0.39, 0.29) is 5.75 Å². The van der Waals surface area contributed by atoms with Crippen molar-refractivity contribution in [3.05, 3.63) is 29.6 Å². The first-order valence-corrected chi connectivity index (χ1v) is 8.04. The van der Waals surface area contributed by atoms with Gasteiger partial charge in [-0.05, 0) is 31.5 Å². The fourth-order valence-corrected chi connectivity index (χ4v) is 2.95. The molecule has 1 rings (SSSR count). The van der Waals surface area contributed by atoms with Gasteiger partial charge in [0.05, 0.1) is 13.4 Å². The average molecular weight is 304 g/mol. The molecule has 1 aromatic carbocycles. The van der Waals surface area contributed by atoms with Gasteiger partial charge in [-0.15, -0.1) is 0 Å². The summed E-state index contributed by atoms with van der Waals surface area (Å²) in [6.45, 7) is 4.41. The van der Waals surface area contributed by atoms with Crippen LogP contribution in [0.25, 0.3) is 0 Å². The highest BCUT2D eigenvalue weighted by molar-refractivity contribution is 7.88. The van der Waals surface area contributed by atoms with Crippen LogP contribution in [0.1, 0.15) is 19.4 Å². The number of sulfonamides is 1. The lowest BCUT2D eigenvalue weighted by atomic mass is 10.1. The van der Waals surface area contributed by atoms with Crippen LogP contribution in [0.15, 0.2) is 18.2 Å². The Labute approximate surface area is 119 Å². The van der Waals surface area contributed by atoms with E-state index in [1.54, 1.807) is 26.0 Å². The quantitative estimate of drug-likeness (QED) is 0.795. The molecule has 0 amide bonds. The predicted molar refractivity (Wildman–Crippen MR) is 76.7 cm³/mol. The zero-order valence-corrected chi connectivity index (χ0v) is 13.0. The third-order valence-corrected chi connectivity index (χ3v) is 3.50. The SMILES string of the molecule is COc1ccc(CNCC(C)(C)NS(C)(=O)=O)cc1F. The topological polar surface area (TPSA) is 67.4 Å². The number of hydrogen-bond donors (Lipinski definition) is 2. The molecule has 0 aliphatic heterocycles. The van der Waals surface area contributed by atoms with E-state index in [1.165, 1.54) is 13.2 Å². The molecule has 0 bridgehead atoms. The van der Waals surface area contributed by atoms with Gasteiger partial charge in [0.2, 0.25) is 10.0 Å². The molecule has 0 aliphatic rings.